The summed E-state index contributed by atoms with van der Waals surface area (Å²) in [4.78, 5) is 15.8. The normalized spacial score (nSPS) is 11.5. The van der Waals surface area contributed by atoms with Crippen LogP contribution in [0, 0.1) is 18.6 Å². The van der Waals surface area contributed by atoms with E-state index in [0.717, 1.165) is 22.9 Å². The first-order valence-corrected chi connectivity index (χ1v) is 9.87. The second-order valence-corrected chi connectivity index (χ2v) is 8.03. The van der Waals surface area contributed by atoms with E-state index in [4.69, 9.17) is 23.2 Å². The van der Waals surface area contributed by atoms with Crippen LogP contribution in [-0.4, -0.2) is 23.9 Å². The zero-order valence-electron chi connectivity index (χ0n) is 14.1. The Labute approximate surface area is 168 Å². The van der Waals surface area contributed by atoms with E-state index in [9.17, 15) is 22.0 Å². The summed E-state index contributed by atoms with van der Waals surface area (Å²) in [6, 6.07) is 7.31. The maximum absolute atomic E-state index is 14.0. The molecule has 0 aliphatic carbocycles. The molecule has 1 aromatic heterocycles. The molecule has 0 unspecified atom stereocenters. The molecular formula is C17H11Cl2F2N3O3S. The third kappa shape index (κ3) is 3.73. The van der Waals surface area contributed by atoms with Gasteiger partial charge in [0.25, 0.3) is 15.9 Å². The SMILES string of the molecule is Cc1nc(C(=O)NS(=O)(=O)c2c(Cl)cccc2Cl)cn1-c1c(F)cccc1F. The van der Waals surface area contributed by atoms with E-state index in [-0.39, 0.29) is 21.6 Å². The number of sulfonamides is 1. The fourth-order valence-corrected chi connectivity index (χ4v) is 4.60. The average molecular weight is 446 g/mol. The van der Waals surface area contributed by atoms with Gasteiger partial charge in [-0.25, -0.2) is 26.9 Å². The molecule has 28 heavy (non-hydrogen) atoms. The number of aromatic nitrogens is 2. The van der Waals surface area contributed by atoms with Gasteiger partial charge in [0.05, 0.1) is 10.0 Å². The lowest BCUT2D eigenvalue weighted by Crippen LogP contribution is -2.31. The number of benzene rings is 2. The zero-order chi connectivity index (χ0) is 20.6. The molecule has 0 saturated carbocycles. The number of halogens is 4. The molecule has 0 saturated heterocycles. The fourth-order valence-electron chi connectivity index (χ4n) is 2.49. The van der Waals surface area contributed by atoms with Crippen molar-refractivity contribution in [2.24, 2.45) is 0 Å². The van der Waals surface area contributed by atoms with E-state index in [1.54, 1.807) is 4.72 Å². The van der Waals surface area contributed by atoms with Gasteiger partial charge in [0.15, 0.2) is 0 Å². The van der Waals surface area contributed by atoms with Crippen molar-refractivity contribution in [1.82, 2.24) is 14.3 Å². The molecule has 2 aromatic carbocycles. The van der Waals surface area contributed by atoms with Gasteiger partial charge < -0.3 is 0 Å². The monoisotopic (exact) mass is 445 g/mol. The summed E-state index contributed by atoms with van der Waals surface area (Å²) in [5.74, 6) is -2.79. The Morgan fingerprint density at radius 1 is 1.07 bits per heavy atom. The predicted molar refractivity (Wildman–Crippen MR) is 99.3 cm³/mol. The average Bonchev–Trinajstić information content (AvgIpc) is 2.96. The van der Waals surface area contributed by atoms with Crippen molar-refractivity contribution in [3.8, 4) is 5.69 Å². The van der Waals surface area contributed by atoms with Gasteiger partial charge in [-0.15, -0.1) is 0 Å². The van der Waals surface area contributed by atoms with Gasteiger partial charge in [-0.2, -0.15) is 0 Å². The molecule has 0 aliphatic rings. The van der Waals surface area contributed by atoms with Gasteiger partial charge in [0, 0.05) is 6.20 Å². The molecule has 3 aromatic rings. The van der Waals surface area contributed by atoms with E-state index in [1.807, 2.05) is 0 Å². The maximum atomic E-state index is 14.0. The highest BCUT2D eigenvalue weighted by molar-refractivity contribution is 7.90. The van der Waals surface area contributed by atoms with Gasteiger partial charge >= 0.3 is 0 Å². The Hall–Kier alpha value is -2.49. The van der Waals surface area contributed by atoms with Crippen LogP contribution in [0.25, 0.3) is 5.69 Å². The third-order valence-electron chi connectivity index (χ3n) is 3.71. The van der Waals surface area contributed by atoms with E-state index >= 15 is 0 Å². The molecule has 11 heteroatoms. The highest BCUT2D eigenvalue weighted by atomic mass is 35.5. The highest BCUT2D eigenvalue weighted by Crippen LogP contribution is 2.29. The van der Waals surface area contributed by atoms with Crippen molar-refractivity contribution in [3.63, 3.8) is 0 Å². The van der Waals surface area contributed by atoms with Crippen LogP contribution in [-0.2, 0) is 10.0 Å². The van der Waals surface area contributed by atoms with Crippen molar-refractivity contribution in [1.29, 1.82) is 0 Å². The maximum Gasteiger partial charge on any atom is 0.285 e. The standard InChI is InChI=1S/C17H11Cl2F2N3O3S/c1-9-22-14(8-24(9)15-12(20)6-3-7-13(15)21)17(25)23-28(26,27)16-10(18)4-2-5-11(16)19/h2-8H,1H3,(H,23,25). The Morgan fingerprint density at radius 2 is 1.61 bits per heavy atom. The number of rotatable bonds is 4. The molecule has 0 spiro atoms. The number of hydrogen-bond donors (Lipinski definition) is 1. The molecule has 1 heterocycles. The first kappa shape index (κ1) is 20.2. The van der Waals surface area contributed by atoms with Crippen LogP contribution in [0.2, 0.25) is 10.0 Å². The molecule has 0 radical (unpaired) electrons. The molecule has 0 aliphatic heterocycles. The van der Waals surface area contributed by atoms with Crippen molar-refractivity contribution in [3.05, 3.63) is 75.8 Å². The van der Waals surface area contributed by atoms with Crippen LogP contribution < -0.4 is 4.72 Å². The van der Waals surface area contributed by atoms with Crippen molar-refractivity contribution < 1.29 is 22.0 Å². The number of imidazole rings is 1. The Balaban J connectivity index is 1.97. The van der Waals surface area contributed by atoms with Crippen LogP contribution in [0.1, 0.15) is 16.3 Å². The van der Waals surface area contributed by atoms with Crippen molar-refractivity contribution >= 4 is 39.1 Å². The van der Waals surface area contributed by atoms with Gasteiger partial charge in [-0.05, 0) is 31.2 Å². The topological polar surface area (TPSA) is 81.1 Å². The lowest BCUT2D eigenvalue weighted by atomic mass is 10.3. The quantitative estimate of drug-likeness (QED) is 0.660. The molecule has 3 rings (SSSR count). The summed E-state index contributed by atoms with van der Waals surface area (Å²) in [6.45, 7) is 1.40. The molecule has 146 valence electrons. The van der Waals surface area contributed by atoms with E-state index in [2.05, 4.69) is 4.98 Å². The Bertz CT molecular complexity index is 1160. The van der Waals surface area contributed by atoms with E-state index < -0.39 is 38.1 Å². The summed E-state index contributed by atoms with van der Waals surface area (Å²) in [5, 5.41) is -0.356. The van der Waals surface area contributed by atoms with Gasteiger partial charge in [0.1, 0.15) is 33.7 Å². The first-order valence-electron chi connectivity index (χ1n) is 7.63. The predicted octanol–water partition coefficient (Wildman–Crippen LogP) is 3.88. The Kier molecular flexibility index (Phi) is 5.42. The number of amides is 1. The fraction of sp³-hybridized carbons (Fsp3) is 0.0588. The van der Waals surface area contributed by atoms with E-state index in [0.29, 0.717) is 0 Å². The summed E-state index contributed by atoms with van der Waals surface area (Å²) in [7, 11) is -4.41. The number of aryl methyl sites for hydroxylation is 1. The smallest absolute Gasteiger partial charge is 0.285 e. The second-order valence-electron chi connectivity index (χ2n) is 5.60. The minimum Gasteiger partial charge on any atom is -0.298 e. The number of carbonyl (C=O) groups is 1. The second kappa shape index (κ2) is 7.50. The van der Waals surface area contributed by atoms with E-state index in [1.165, 1.54) is 31.2 Å². The number of nitrogens with zero attached hydrogens (tertiary/aromatic N) is 2. The zero-order valence-corrected chi connectivity index (χ0v) is 16.4. The molecule has 0 bridgehead atoms. The molecule has 0 fully saturated rings. The summed E-state index contributed by atoms with van der Waals surface area (Å²) in [5.41, 5.74) is -0.810. The number of nitrogens with one attached hydrogen (secondary N) is 1. The van der Waals surface area contributed by atoms with Crippen molar-refractivity contribution in [2.45, 2.75) is 11.8 Å². The van der Waals surface area contributed by atoms with Gasteiger partial charge in [-0.1, -0.05) is 35.3 Å². The molecular weight excluding hydrogens is 435 g/mol. The number of carbonyl (C=O) groups excluding carboxylic acids is 1. The molecule has 0 atom stereocenters. The number of hydrogen-bond acceptors (Lipinski definition) is 4. The summed E-state index contributed by atoms with van der Waals surface area (Å²) < 4.78 is 55.7. The highest BCUT2D eigenvalue weighted by Gasteiger charge is 2.26. The van der Waals surface area contributed by atoms with Crippen molar-refractivity contribution in [2.75, 3.05) is 0 Å². The van der Waals surface area contributed by atoms with Gasteiger partial charge in [0.2, 0.25) is 0 Å². The number of para-hydroxylation sites is 1. The van der Waals surface area contributed by atoms with Gasteiger partial charge in [-0.3, -0.25) is 9.36 Å². The third-order valence-corrected chi connectivity index (χ3v) is 5.99. The molecule has 1 N–H and O–H groups in total. The van der Waals surface area contributed by atoms with Crippen LogP contribution in [0.3, 0.4) is 0 Å². The molecule has 6 nitrogen and oxygen atoms in total. The summed E-state index contributed by atoms with van der Waals surface area (Å²) >= 11 is 11.7. The largest absolute Gasteiger partial charge is 0.298 e. The van der Waals surface area contributed by atoms with Crippen LogP contribution in [0.5, 0.6) is 0 Å². The minimum atomic E-state index is -4.41. The Morgan fingerprint density at radius 3 is 2.18 bits per heavy atom. The lowest BCUT2D eigenvalue weighted by Gasteiger charge is -2.09. The van der Waals surface area contributed by atoms with Crippen LogP contribution >= 0.6 is 23.2 Å². The summed E-state index contributed by atoms with van der Waals surface area (Å²) in [6.07, 6.45) is 1.02. The minimum absolute atomic E-state index is 0.0716. The van der Waals surface area contributed by atoms with Crippen LogP contribution in [0.4, 0.5) is 8.78 Å². The first-order chi connectivity index (χ1) is 13.1. The van der Waals surface area contributed by atoms with Crippen LogP contribution in [0.15, 0.2) is 47.5 Å². The lowest BCUT2D eigenvalue weighted by molar-refractivity contribution is 0.0977. The molecule has 1 amide bonds.